The van der Waals surface area contributed by atoms with Gasteiger partial charge in [-0.25, -0.2) is 0 Å². The van der Waals surface area contributed by atoms with E-state index >= 15 is 0 Å². The number of halogens is 3. The molecule has 1 aliphatic rings. The standard InChI is InChI=1S/C10H18F3NO/c1-8(2)9(15)6-14(7-9)5-3-4-10(11,12)13/h8,15H,3-7H2,1-2H3. The second-order valence-corrected chi connectivity index (χ2v) is 4.69. The fourth-order valence-electron chi connectivity index (χ4n) is 1.75. The smallest absolute Gasteiger partial charge is 0.387 e. The minimum atomic E-state index is -4.06. The van der Waals surface area contributed by atoms with Crippen molar-refractivity contribution in [3.05, 3.63) is 0 Å². The lowest BCUT2D eigenvalue weighted by molar-refractivity contribution is -0.146. The Morgan fingerprint density at radius 2 is 1.87 bits per heavy atom. The zero-order valence-electron chi connectivity index (χ0n) is 9.14. The third-order valence-corrected chi connectivity index (χ3v) is 3.00. The topological polar surface area (TPSA) is 23.5 Å². The predicted molar refractivity (Wildman–Crippen MR) is 51.5 cm³/mol. The van der Waals surface area contributed by atoms with E-state index in [2.05, 4.69) is 0 Å². The van der Waals surface area contributed by atoms with Crippen LogP contribution in [0.15, 0.2) is 0 Å². The van der Waals surface area contributed by atoms with Crippen molar-refractivity contribution >= 4 is 0 Å². The second kappa shape index (κ2) is 4.29. The van der Waals surface area contributed by atoms with Gasteiger partial charge in [0, 0.05) is 19.5 Å². The maximum Gasteiger partial charge on any atom is 0.389 e. The fraction of sp³-hybridized carbons (Fsp3) is 1.00. The van der Waals surface area contributed by atoms with E-state index in [0.29, 0.717) is 19.6 Å². The zero-order chi connectivity index (χ0) is 11.7. The maximum atomic E-state index is 11.8. The molecule has 0 aromatic carbocycles. The Labute approximate surface area is 88.1 Å². The van der Waals surface area contributed by atoms with Gasteiger partial charge in [0.1, 0.15) is 0 Å². The maximum absolute atomic E-state index is 11.8. The third-order valence-electron chi connectivity index (χ3n) is 3.00. The quantitative estimate of drug-likeness (QED) is 0.791. The summed E-state index contributed by atoms with van der Waals surface area (Å²) in [6, 6.07) is 0. The summed E-state index contributed by atoms with van der Waals surface area (Å²) in [5, 5.41) is 9.85. The molecule has 1 heterocycles. The summed E-state index contributed by atoms with van der Waals surface area (Å²) in [5.74, 6) is 0.163. The van der Waals surface area contributed by atoms with E-state index < -0.39 is 18.2 Å². The lowest BCUT2D eigenvalue weighted by atomic mass is 9.83. The van der Waals surface area contributed by atoms with Crippen molar-refractivity contribution in [2.75, 3.05) is 19.6 Å². The molecule has 0 spiro atoms. The van der Waals surface area contributed by atoms with Crippen LogP contribution in [0.25, 0.3) is 0 Å². The molecule has 0 saturated carbocycles. The van der Waals surface area contributed by atoms with Gasteiger partial charge in [0.15, 0.2) is 0 Å². The van der Waals surface area contributed by atoms with Gasteiger partial charge < -0.3 is 5.11 Å². The van der Waals surface area contributed by atoms with Crippen LogP contribution in [-0.2, 0) is 0 Å². The van der Waals surface area contributed by atoms with Gasteiger partial charge in [0.2, 0.25) is 0 Å². The molecule has 90 valence electrons. The van der Waals surface area contributed by atoms with Crippen LogP contribution >= 0.6 is 0 Å². The number of alkyl halides is 3. The van der Waals surface area contributed by atoms with Crippen molar-refractivity contribution < 1.29 is 18.3 Å². The van der Waals surface area contributed by atoms with E-state index in [0.717, 1.165) is 0 Å². The number of β-amino-alcohol motifs (C(OH)–C–C–N with tert-alkyl or cyclic N) is 1. The van der Waals surface area contributed by atoms with Crippen LogP contribution < -0.4 is 0 Å². The highest BCUT2D eigenvalue weighted by Crippen LogP contribution is 2.29. The minimum Gasteiger partial charge on any atom is -0.387 e. The van der Waals surface area contributed by atoms with E-state index in [9.17, 15) is 18.3 Å². The number of aliphatic hydroxyl groups is 1. The Hall–Kier alpha value is -0.290. The van der Waals surface area contributed by atoms with E-state index in [1.54, 1.807) is 0 Å². The van der Waals surface area contributed by atoms with E-state index in [1.165, 1.54) is 0 Å². The Morgan fingerprint density at radius 1 is 1.33 bits per heavy atom. The summed E-state index contributed by atoms with van der Waals surface area (Å²) in [4.78, 5) is 1.87. The van der Waals surface area contributed by atoms with Crippen molar-refractivity contribution in [1.29, 1.82) is 0 Å². The van der Waals surface area contributed by atoms with E-state index in [4.69, 9.17) is 0 Å². The monoisotopic (exact) mass is 225 g/mol. The summed E-state index contributed by atoms with van der Waals surface area (Å²) < 4.78 is 35.5. The lowest BCUT2D eigenvalue weighted by Crippen LogP contribution is -2.64. The molecule has 0 bridgehead atoms. The van der Waals surface area contributed by atoms with Crippen molar-refractivity contribution in [2.45, 2.75) is 38.5 Å². The van der Waals surface area contributed by atoms with Gasteiger partial charge in [-0.2, -0.15) is 13.2 Å². The molecule has 2 nitrogen and oxygen atoms in total. The highest BCUT2D eigenvalue weighted by atomic mass is 19.4. The summed E-state index contributed by atoms with van der Waals surface area (Å²) >= 11 is 0. The molecule has 5 heteroatoms. The molecule has 0 radical (unpaired) electrons. The number of likely N-dealkylation sites (tertiary alicyclic amines) is 1. The van der Waals surface area contributed by atoms with Crippen molar-refractivity contribution in [2.24, 2.45) is 5.92 Å². The Bertz CT molecular complexity index is 209. The van der Waals surface area contributed by atoms with Gasteiger partial charge >= 0.3 is 6.18 Å². The second-order valence-electron chi connectivity index (χ2n) is 4.69. The van der Waals surface area contributed by atoms with Crippen LogP contribution in [0, 0.1) is 5.92 Å². The minimum absolute atomic E-state index is 0.123. The number of hydrogen-bond donors (Lipinski definition) is 1. The molecule has 0 aromatic rings. The first-order valence-electron chi connectivity index (χ1n) is 5.24. The van der Waals surface area contributed by atoms with Gasteiger partial charge in [0.05, 0.1) is 5.60 Å². The highest BCUT2D eigenvalue weighted by Gasteiger charge is 2.43. The molecule has 1 saturated heterocycles. The van der Waals surface area contributed by atoms with Gasteiger partial charge in [-0.1, -0.05) is 13.8 Å². The first kappa shape index (κ1) is 12.8. The molecule has 1 N–H and O–H groups in total. The van der Waals surface area contributed by atoms with Crippen molar-refractivity contribution in [3.63, 3.8) is 0 Å². The Morgan fingerprint density at radius 3 is 2.27 bits per heavy atom. The largest absolute Gasteiger partial charge is 0.389 e. The zero-order valence-corrected chi connectivity index (χ0v) is 9.14. The van der Waals surface area contributed by atoms with Crippen LogP contribution in [0.3, 0.4) is 0 Å². The number of hydrogen-bond acceptors (Lipinski definition) is 2. The third kappa shape index (κ3) is 3.65. The average Bonchev–Trinajstić information content (AvgIpc) is 1.97. The molecule has 1 aliphatic heterocycles. The molecular formula is C10H18F3NO. The van der Waals surface area contributed by atoms with Gasteiger partial charge in [-0.3, -0.25) is 4.90 Å². The predicted octanol–water partition coefficient (Wildman–Crippen LogP) is 2.03. The molecule has 1 rings (SSSR count). The summed E-state index contributed by atoms with van der Waals surface area (Å²) in [7, 11) is 0. The van der Waals surface area contributed by atoms with Gasteiger partial charge in [-0.15, -0.1) is 0 Å². The summed E-state index contributed by atoms with van der Waals surface area (Å²) in [5.41, 5.74) is -0.682. The molecule has 0 amide bonds. The van der Waals surface area contributed by atoms with Crippen LogP contribution in [0.1, 0.15) is 26.7 Å². The first-order valence-corrected chi connectivity index (χ1v) is 5.24. The van der Waals surface area contributed by atoms with Gasteiger partial charge in [0.25, 0.3) is 0 Å². The Kier molecular flexibility index (Phi) is 3.66. The molecule has 15 heavy (non-hydrogen) atoms. The van der Waals surface area contributed by atoms with E-state index in [1.807, 2.05) is 18.7 Å². The highest BCUT2D eigenvalue weighted by molar-refractivity contribution is 4.97. The van der Waals surface area contributed by atoms with Crippen molar-refractivity contribution in [1.82, 2.24) is 4.90 Å². The van der Waals surface area contributed by atoms with Crippen LogP contribution in [0.5, 0.6) is 0 Å². The SMILES string of the molecule is CC(C)C1(O)CN(CCCC(F)(F)F)C1. The Balaban J connectivity index is 2.13. The normalized spacial score (nSPS) is 21.8. The van der Waals surface area contributed by atoms with Gasteiger partial charge in [-0.05, 0) is 18.9 Å². The first-order chi connectivity index (χ1) is 6.73. The summed E-state index contributed by atoms with van der Waals surface area (Å²) in [6.07, 6.45) is -4.67. The number of nitrogens with zero attached hydrogens (tertiary/aromatic N) is 1. The molecule has 0 atom stereocenters. The lowest BCUT2D eigenvalue weighted by Gasteiger charge is -2.49. The van der Waals surface area contributed by atoms with Crippen LogP contribution in [-0.4, -0.2) is 41.4 Å². The van der Waals surface area contributed by atoms with Crippen molar-refractivity contribution in [3.8, 4) is 0 Å². The average molecular weight is 225 g/mol. The molecule has 1 fully saturated rings. The molecule has 0 unspecified atom stereocenters. The summed E-state index contributed by atoms with van der Waals surface area (Å²) in [6.45, 7) is 5.28. The molecule has 0 aromatic heterocycles. The molecular weight excluding hydrogens is 207 g/mol. The number of rotatable bonds is 4. The van der Waals surface area contributed by atoms with Crippen LogP contribution in [0.4, 0.5) is 13.2 Å². The molecule has 0 aliphatic carbocycles. The fourth-order valence-corrected chi connectivity index (χ4v) is 1.75. The van der Waals surface area contributed by atoms with E-state index in [-0.39, 0.29) is 12.3 Å². The van der Waals surface area contributed by atoms with Crippen LogP contribution in [0.2, 0.25) is 0 Å².